The van der Waals surface area contributed by atoms with E-state index < -0.39 is 41.1 Å². The van der Waals surface area contributed by atoms with Gasteiger partial charge in [-0.2, -0.15) is 30.7 Å². The van der Waals surface area contributed by atoms with Crippen LogP contribution in [-0.4, -0.2) is 35.0 Å². The summed E-state index contributed by atoms with van der Waals surface area (Å²) in [5.74, 6) is -17.4. The topological polar surface area (TPSA) is 66.4 Å². The molecule has 0 saturated carbocycles. The molecule has 22 heavy (non-hydrogen) atoms. The highest BCUT2D eigenvalue weighted by Crippen LogP contribution is 2.46. The molecule has 0 bridgehead atoms. The van der Waals surface area contributed by atoms with Crippen molar-refractivity contribution in [2.24, 2.45) is 0 Å². The number of aromatic carboxylic acids is 1. The van der Waals surface area contributed by atoms with E-state index in [0.717, 1.165) is 29.6 Å². The average Bonchev–Trinajstić information content (AvgIpc) is 2.37. The number of carboxylic acids is 1. The van der Waals surface area contributed by atoms with Gasteiger partial charge in [-0.1, -0.05) is 12.1 Å². The van der Waals surface area contributed by atoms with Gasteiger partial charge in [-0.25, -0.2) is 4.79 Å². The lowest BCUT2D eigenvalue weighted by Crippen LogP contribution is -2.57. The van der Waals surface area contributed by atoms with Crippen LogP contribution in [0.4, 0.5) is 36.4 Å². The highest BCUT2D eigenvalue weighted by molar-refractivity contribution is 6.03. The molecule has 0 spiro atoms. The number of carbonyl (C=O) groups is 2. The first-order valence-corrected chi connectivity index (χ1v) is 5.28. The number of amides is 1. The summed E-state index contributed by atoms with van der Waals surface area (Å²) in [6.07, 6.45) is -6.67. The highest BCUT2D eigenvalue weighted by atomic mass is 19.4. The van der Waals surface area contributed by atoms with Crippen LogP contribution in [0.15, 0.2) is 24.3 Å². The van der Waals surface area contributed by atoms with Crippen molar-refractivity contribution in [2.45, 2.75) is 18.0 Å². The Kier molecular flexibility index (Phi) is 4.40. The average molecular weight is 333 g/mol. The quantitative estimate of drug-likeness (QED) is 0.832. The van der Waals surface area contributed by atoms with Crippen LogP contribution in [-0.2, 0) is 4.79 Å². The first-order valence-electron chi connectivity index (χ1n) is 5.28. The van der Waals surface area contributed by atoms with Crippen molar-refractivity contribution in [1.82, 2.24) is 0 Å². The van der Waals surface area contributed by atoms with E-state index in [4.69, 9.17) is 5.11 Å². The van der Waals surface area contributed by atoms with E-state index in [1.807, 2.05) is 0 Å². The van der Waals surface area contributed by atoms with Crippen LogP contribution < -0.4 is 5.32 Å². The van der Waals surface area contributed by atoms with Gasteiger partial charge in [0.15, 0.2) is 0 Å². The predicted molar refractivity (Wildman–Crippen MR) is 58.0 cm³/mol. The number of benzene rings is 1. The Labute approximate surface area is 117 Å². The van der Waals surface area contributed by atoms with Crippen molar-refractivity contribution in [1.29, 1.82) is 0 Å². The number of alkyl halides is 7. The molecule has 1 amide bonds. The van der Waals surface area contributed by atoms with E-state index in [9.17, 15) is 40.3 Å². The second kappa shape index (κ2) is 5.46. The van der Waals surface area contributed by atoms with Gasteiger partial charge in [-0.05, 0) is 12.1 Å². The van der Waals surface area contributed by atoms with Gasteiger partial charge in [0.25, 0.3) is 0 Å². The zero-order valence-electron chi connectivity index (χ0n) is 10.2. The Morgan fingerprint density at radius 1 is 0.955 bits per heavy atom. The number of hydrogen-bond donors (Lipinski definition) is 2. The number of anilines is 1. The van der Waals surface area contributed by atoms with E-state index in [-0.39, 0.29) is 0 Å². The minimum atomic E-state index is -6.67. The molecule has 4 nitrogen and oxygen atoms in total. The fraction of sp³-hybridized carbons (Fsp3) is 0.273. The third kappa shape index (κ3) is 2.97. The van der Waals surface area contributed by atoms with Crippen molar-refractivity contribution < 1.29 is 45.4 Å². The number of para-hydroxylation sites is 1. The molecule has 1 rings (SSSR count). The largest absolute Gasteiger partial charge is 0.478 e. The molecule has 0 saturated heterocycles. The third-order valence-electron chi connectivity index (χ3n) is 2.44. The van der Waals surface area contributed by atoms with Crippen LogP contribution in [0.1, 0.15) is 10.4 Å². The second-order valence-corrected chi connectivity index (χ2v) is 3.95. The Balaban J connectivity index is 3.15. The smallest absolute Gasteiger partial charge is 0.460 e. The lowest BCUT2D eigenvalue weighted by atomic mass is 10.1. The minimum Gasteiger partial charge on any atom is -0.478 e. The fourth-order valence-corrected chi connectivity index (χ4v) is 1.30. The first-order chi connectivity index (χ1) is 9.82. The van der Waals surface area contributed by atoms with Gasteiger partial charge in [0.1, 0.15) is 0 Å². The molecule has 0 aromatic heterocycles. The van der Waals surface area contributed by atoms with Gasteiger partial charge in [0.2, 0.25) is 0 Å². The summed E-state index contributed by atoms with van der Waals surface area (Å²) in [5.41, 5.74) is -1.61. The highest BCUT2D eigenvalue weighted by Gasteiger charge is 2.76. The Morgan fingerprint density at radius 3 is 1.91 bits per heavy atom. The molecule has 1 aromatic rings. The first kappa shape index (κ1) is 17.7. The number of carbonyl (C=O) groups excluding carboxylic acids is 1. The van der Waals surface area contributed by atoms with Crippen LogP contribution in [0.3, 0.4) is 0 Å². The number of rotatable bonds is 4. The van der Waals surface area contributed by atoms with Crippen molar-refractivity contribution in [3.05, 3.63) is 29.8 Å². The zero-order chi connectivity index (χ0) is 17.3. The number of nitrogens with one attached hydrogen (secondary N) is 1. The maximum absolute atomic E-state index is 13.1. The molecule has 11 heteroatoms. The Hall–Kier alpha value is -2.33. The molecule has 0 aliphatic heterocycles. The monoisotopic (exact) mass is 333 g/mol. The lowest BCUT2D eigenvalue weighted by molar-refractivity contribution is -0.343. The molecular formula is C11H6F7NO3. The molecule has 0 fully saturated rings. The van der Waals surface area contributed by atoms with E-state index in [0.29, 0.717) is 0 Å². The molecule has 0 atom stereocenters. The summed E-state index contributed by atoms with van der Waals surface area (Å²) < 4.78 is 87.3. The number of carboxylic acid groups (broad SMARTS) is 1. The van der Waals surface area contributed by atoms with Crippen molar-refractivity contribution in [3.8, 4) is 0 Å². The SMILES string of the molecule is O=C(O)c1ccccc1NC(=O)C(F)(F)C(F)(F)C(F)(F)F. The van der Waals surface area contributed by atoms with Crippen LogP contribution in [0.5, 0.6) is 0 Å². The van der Waals surface area contributed by atoms with Gasteiger partial charge in [-0.3, -0.25) is 4.79 Å². The summed E-state index contributed by atoms with van der Waals surface area (Å²) in [6, 6.07) is 3.77. The third-order valence-corrected chi connectivity index (χ3v) is 2.44. The van der Waals surface area contributed by atoms with Gasteiger partial charge in [-0.15, -0.1) is 0 Å². The summed E-state index contributed by atoms with van der Waals surface area (Å²) in [4.78, 5) is 21.8. The summed E-state index contributed by atoms with van der Waals surface area (Å²) >= 11 is 0. The molecule has 2 N–H and O–H groups in total. The maximum atomic E-state index is 13.1. The van der Waals surface area contributed by atoms with Crippen molar-refractivity contribution >= 4 is 17.6 Å². The van der Waals surface area contributed by atoms with E-state index in [2.05, 4.69) is 0 Å². The summed E-state index contributed by atoms with van der Waals surface area (Å²) in [7, 11) is 0. The predicted octanol–water partition coefficient (Wildman–Crippen LogP) is 3.16. The van der Waals surface area contributed by atoms with Crippen LogP contribution in [0.25, 0.3) is 0 Å². The molecule has 0 aliphatic carbocycles. The van der Waals surface area contributed by atoms with Crippen LogP contribution in [0.2, 0.25) is 0 Å². The van der Waals surface area contributed by atoms with Gasteiger partial charge in [0.05, 0.1) is 11.3 Å². The summed E-state index contributed by atoms with van der Waals surface area (Å²) in [5, 5.41) is 9.76. The van der Waals surface area contributed by atoms with Gasteiger partial charge in [0, 0.05) is 0 Å². The summed E-state index contributed by atoms with van der Waals surface area (Å²) in [6.45, 7) is 0. The molecule has 0 aliphatic rings. The van der Waals surface area contributed by atoms with Crippen molar-refractivity contribution in [2.75, 3.05) is 5.32 Å². The number of halogens is 7. The van der Waals surface area contributed by atoms with E-state index >= 15 is 0 Å². The molecule has 0 unspecified atom stereocenters. The standard InChI is InChI=1S/C11H6F7NO3/c12-9(13,10(14,15)11(16,17)18)8(22)19-6-4-2-1-3-5(6)7(20)21/h1-4H,(H,19,22)(H,20,21). The normalized spacial score (nSPS) is 12.9. The van der Waals surface area contributed by atoms with Gasteiger partial charge < -0.3 is 10.4 Å². The van der Waals surface area contributed by atoms with Crippen LogP contribution >= 0.6 is 0 Å². The van der Waals surface area contributed by atoms with Crippen LogP contribution in [0, 0.1) is 0 Å². The molecule has 1 aromatic carbocycles. The zero-order valence-corrected chi connectivity index (χ0v) is 10.2. The maximum Gasteiger partial charge on any atom is 0.460 e. The lowest BCUT2D eigenvalue weighted by Gasteiger charge is -2.27. The molecule has 122 valence electrons. The minimum absolute atomic E-state index is 0.753. The Morgan fingerprint density at radius 2 is 1.45 bits per heavy atom. The van der Waals surface area contributed by atoms with Gasteiger partial charge >= 0.3 is 29.9 Å². The molecule has 0 radical (unpaired) electrons. The van der Waals surface area contributed by atoms with E-state index in [1.165, 1.54) is 0 Å². The van der Waals surface area contributed by atoms with Crippen molar-refractivity contribution in [3.63, 3.8) is 0 Å². The second-order valence-electron chi connectivity index (χ2n) is 3.95. The fourth-order valence-electron chi connectivity index (χ4n) is 1.30. The molecule has 0 heterocycles. The molecular weight excluding hydrogens is 327 g/mol. The number of hydrogen-bond acceptors (Lipinski definition) is 2. The van der Waals surface area contributed by atoms with E-state index in [1.54, 1.807) is 0 Å². The Bertz CT molecular complexity index is 598.